The van der Waals surface area contributed by atoms with Gasteiger partial charge in [-0.05, 0) is 31.9 Å². The first-order valence-corrected chi connectivity index (χ1v) is 9.55. The molecule has 1 fully saturated rings. The number of sulfonamides is 1. The summed E-state index contributed by atoms with van der Waals surface area (Å²) in [5, 5.41) is 3.33. The highest BCUT2D eigenvalue weighted by Crippen LogP contribution is 2.26. The molecule has 5 nitrogen and oxygen atoms in total. The van der Waals surface area contributed by atoms with E-state index >= 15 is 0 Å². The lowest BCUT2D eigenvalue weighted by Crippen LogP contribution is -2.46. The van der Waals surface area contributed by atoms with Crippen molar-refractivity contribution in [2.45, 2.75) is 49.4 Å². The second-order valence-corrected chi connectivity index (χ2v) is 9.13. The first-order valence-electron chi connectivity index (χ1n) is 7.25. The molecule has 0 bridgehead atoms. The Labute approximate surface area is 131 Å². The van der Waals surface area contributed by atoms with E-state index in [0.29, 0.717) is 29.9 Å². The Bertz CT molecular complexity index is 561. The molecule has 1 saturated heterocycles. The van der Waals surface area contributed by atoms with Gasteiger partial charge in [-0.2, -0.15) is 0 Å². The summed E-state index contributed by atoms with van der Waals surface area (Å²) < 4.78 is 33.3. The number of nitrogens with one attached hydrogen (secondary N) is 2. The SMILES string of the molecule is CC(C)NCCc1ccc(S(=O)(=O)NC2(C)CCOC2)s1. The Kier molecular flexibility index (Phi) is 5.43. The van der Waals surface area contributed by atoms with Crippen molar-refractivity contribution in [3.63, 3.8) is 0 Å². The minimum Gasteiger partial charge on any atom is -0.379 e. The molecule has 0 radical (unpaired) electrons. The number of thiophene rings is 1. The molecule has 2 rings (SSSR count). The smallest absolute Gasteiger partial charge is 0.250 e. The minimum atomic E-state index is -3.45. The third-order valence-electron chi connectivity index (χ3n) is 3.43. The molecule has 7 heteroatoms. The highest BCUT2D eigenvalue weighted by atomic mass is 32.2. The van der Waals surface area contributed by atoms with Crippen LogP contribution in [-0.2, 0) is 21.2 Å². The van der Waals surface area contributed by atoms with Crippen molar-refractivity contribution < 1.29 is 13.2 Å². The fourth-order valence-electron chi connectivity index (χ4n) is 2.24. The summed E-state index contributed by atoms with van der Waals surface area (Å²) in [5.74, 6) is 0. The molecule has 1 aliphatic heterocycles. The zero-order valence-electron chi connectivity index (χ0n) is 12.8. The predicted molar refractivity (Wildman–Crippen MR) is 85.3 cm³/mol. The summed E-state index contributed by atoms with van der Waals surface area (Å²) in [6, 6.07) is 4.03. The fourth-order valence-corrected chi connectivity index (χ4v) is 5.02. The Morgan fingerprint density at radius 1 is 1.43 bits per heavy atom. The highest BCUT2D eigenvalue weighted by molar-refractivity contribution is 7.91. The lowest BCUT2D eigenvalue weighted by atomic mass is 10.0. The van der Waals surface area contributed by atoms with Gasteiger partial charge in [0.2, 0.25) is 0 Å². The summed E-state index contributed by atoms with van der Waals surface area (Å²) in [6.45, 7) is 7.98. The average molecular weight is 332 g/mol. The average Bonchev–Trinajstić information content (AvgIpc) is 2.98. The maximum atomic E-state index is 12.4. The van der Waals surface area contributed by atoms with Crippen LogP contribution >= 0.6 is 11.3 Å². The third-order valence-corrected chi connectivity index (χ3v) is 6.70. The predicted octanol–water partition coefficient (Wildman–Crippen LogP) is 1.75. The van der Waals surface area contributed by atoms with Gasteiger partial charge in [-0.1, -0.05) is 13.8 Å². The molecule has 1 atom stereocenters. The van der Waals surface area contributed by atoms with E-state index in [1.54, 1.807) is 6.07 Å². The van der Waals surface area contributed by atoms with Crippen LogP contribution in [0.15, 0.2) is 16.3 Å². The lowest BCUT2D eigenvalue weighted by Gasteiger charge is -2.22. The summed E-state index contributed by atoms with van der Waals surface area (Å²) in [4.78, 5) is 1.08. The van der Waals surface area contributed by atoms with Crippen molar-refractivity contribution in [3.8, 4) is 0 Å². The van der Waals surface area contributed by atoms with Crippen LogP contribution in [0.3, 0.4) is 0 Å². The summed E-state index contributed by atoms with van der Waals surface area (Å²) in [6.07, 6.45) is 1.56. The van der Waals surface area contributed by atoms with Gasteiger partial charge in [0.15, 0.2) is 0 Å². The Balaban J connectivity index is 1.99. The fraction of sp³-hybridized carbons (Fsp3) is 0.714. The van der Waals surface area contributed by atoms with Crippen molar-refractivity contribution in [3.05, 3.63) is 17.0 Å². The molecular formula is C14H24N2O3S2. The van der Waals surface area contributed by atoms with Crippen LogP contribution in [-0.4, -0.2) is 39.8 Å². The molecule has 0 aromatic carbocycles. The molecule has 1 aliphatic rings. The highest BCUT2D eigenvalue weighted by Gasteiger charge is 2.35. The first kappa shape index (κ1) is 16.9. The van der Waals surface area contributed by atoms with Crippen LogP contribution in [0, 0.1) is 0 Å². The molecule has 21 heavy (non-hydrogen) atoms. The van der Waals surface area contributed by atoms with Gasteiger partial charge in [-0.25, -0.2) is 13.1 Å². The van der Waals surface area contributed by atoms with Crippen LogP contribution in [0.25, 0.3) is 0 Å². The normalized spacial score (nSPS) is 23.0. The Morgan fingerprint density at radius 2 is 2.19 bits per heavy atom. The molecule has 0 spiro atoms. The Morgan fingerprint density at radius 3 is 2.81 bits per heavy atom. The van der Waals surface area contributed by atoms with Crippen molar-refractivity contribution in [2.24, 2.45) is 0 Å². The quantitative estimate of drug-likeness (QED) is 0.798. The number of hydrogen-bond acceptors (Lipinski definition) is 5. The van der Waals surface area contributed by atoms with Crippen LogP contribution < -0.4 is 10.0 Å². The summed E-state index contributed by atoms with van der Waals surface area (Å²) in [5.41, 5.74) is -0.484. The first-order chi connectivity index (χ1) is 9.81. The van der Waals surface area contributed by atoms with E-state index in [9.17, 15) is 8.42 Å². The maximum Gasteiger partial charge on any atom is 0.250 e. The lowest BCUT2D eigenvalue weighted by molar-refractivity contribution is 0.178. The van der Waals surface area contributed by atoms with Gasteiger partial charge < -0.3 is 10.1 Å². The summed E-state index contributed by atoms with van der Waals surface area (Å²) >= 11 is 1.34. The Hall–Kier alpha value is -0.470. The molecule has 120 valence electrons. The largest absolute Gasteiger partial charge is 0.379 e. The van der Waals surface area contributed by atoms with Gasteiger partial charge >= 0.3 is 0 Å². The van der Waals surface area contributed by atoms with Gasteiger partial charge in [-0.3, -0.25) is 0 Å². The molecule has 0 saturated carbocycles. The zero-order valence-corrected chi connectivity index (χ0v) is 14.4. The van der Waals surface area contributed by atoms with E-state index in [-0.39, 0.29) is 0 Å². The molecule has 1 aromatic rings. The summed E-state index contributed by atoms with van der Waals surface area (Å²) in [7, 11) is -3.45. The van der Waals surface area contributed by atoms with E-state index in [1.165, 1.54) is 11.3 Å². The molecule has 2 N–H and O–H groups in total. The van der Waals surface area contributed by atoms with Crippen molar-refractivity contribution in [2.75, 3.05) is 19.8 Å². The van der Waals surface area contributed by atoms with Crippen LogP contribution in [0.4, 0.5) is 0 Å². The van der Waals surface area contributed by atoms with E-state index in [1.807, 2.05) is 13.0 Å². The topological polar surface area (TPSA) is 67.4 Å². The van der Waals surface area contributed by atoms with Crippen LogP contribution in [0.2, 0.25) is 0 Å². The zero-order chi connectivity index (χ0) is 15.5. The molecular weight excluding hydrogens is 308 g/mol. The van der Waals surface area contributed by atoms with Gasteiger partial charge in [-0.15, -0.1) is 11.3 Å². The van der Waals surface area contributed by atoms with Crippen LogP contribution in [0.5, 0.6) is 0 Å². The maximum absolute atomic E-state index is 12.4. The molecule has 2 heterocycles. The van der Waals surface area contributed by atoms with Crippen molar-refractivity contribution in [1.82, 2.24) is 10.0 Å². The van der Waals surface area contributed by atoms with Crippen molar-refractivity contribution >= 4 is 21.4 Å². The van der Waals surface area contributed by atoms with Gasteiger partial charge in [0, 0.05) is 24.1 Å². The minimum absolute atomic E-state index is 0.384. The monoisotopic (exact) mass is 332 g/mol. The van der Waals surface area contributed by atoms with Crippen molar-refractivity contribution in [1.29, 1.82) is 0 Å². The number of hydrogen-bond donors (Lipinski definition) is 2. The van der Waals surface area contributed by atoms with Gasteiger partial charge in [0.1, 0.15) is 4.21 Å². The molecule has 1 aromatic heterocycles. The number of rotatable bonds is 7. The molecule has 0 aliphatic carbocycles. The molecule has 0 amide bonds. The van der Waals surface area contributed by atoms with E-state index in [0.717, 1.165) is 17.8 Å². The number of ether oxygens (including phenoxy) is 1. The second kappa shape index (κ2) is 6.75. The van der Waals surface area contributed by atoms with E-state index in [2.05, 4.69) is 23.9 Å². The third kappa shape index (κ3) is 4.75. The van der Waals surface area contributed by atoms with Gasteiger partial charge in [0.25, 0.3) is 10.0 Å². The standard InChI is InChI=1S/C14H24N2O3S2/c1-11(2)15-8-6-12-4-5-13(20-12)21(17,18)16-14(3)7-9-19-10-14/h4-5,11,15-16H,6-10H2,1-3H3. The van der Waals surface area contributed by atoms with E-state index in [4.69, 9.17) is 4.74 Å². The van der Waals surface area contributed by atoms with Crippen LogP contribution in [0.1, 0.15) is 32.1 Å². The molecule has 1 unspecified atom stereocenters. The van der Waals surface area contributed by atoms with Gasteiger partial charge in [0.05, 0.1) is 12.1 Å². The van der Waals surface area contributed by atoms with E-state index < -0.39 is 15.6 Å². The second-order valence-electron chi connectivity index (χ2n) is 6.05.